The van der Waals surface area contributed by atoms with Crippen molar-refractivity contribution in [1.82, 2.24) is 10.6 Å². The fourth-order valence-corrected chi connectivity index (χ4v) is 4.63. The minimum absolute atomic E-state index is 0.00960. The second-order valence-electron chi connectivity index (χ2n) is 10.3. The van der Waals surface area contributed by atoms with Crippen LogP contribution in [0.1, 0.15) is 50.7 Å². The van der Waals surface area contributed by atoms with Crippen molar-refractivity contribution >= 4 is 18.0 Å². The number of carbonyl (C=O) groups excluding carboxylic acids is 2. The highest BCUT2D eigenvalue weighted by Crippen LogP contribution is 2.44. The van der Waals surface area contributed by atoms with Crippen LogP contribution >= 0.6 is 0 Å². The van der Waals surface area contributed by atoms with Gasteiger partial charge in [-0.05, 0) is 40.0 Å². The average Bonchev–Trinajstić information content (AvgIpc) is 3.51. The van der Waals surface area contributed by atoms with E-state index in [1.54, 1.807) is 0 Å². The van der Waals surface area contributed by atoms with E-state index in [4.69, 9.17) is 9.84 Å². The molecule has 2 aromatic carbocycles. The topological polar surface area (TPSA) is 105 Å². The predicted molar refractivity (Wildman–Crippen MR) is 128 cm³/mol. The van der Waals surface area contributed by atoms with Crippen LogP contribution in [0.3, 0.4) is 0 Å². The summed E-state index contributed by atoms with van der Waals surface area (Å²) in [5.74, 6) is -1.43. The van der Waals surface area contributed by atoms with E-state index in [0.29, 0.717) is 13.0 Å². The van der Waals surface area contributed by atoms with E-state index in [2.05, 4.69) is 34.9 Å². The summed E-state index contributed by atoms with van der Waals surface area (Å²) < 4.78 is 5.65. The molecule has 2 aliphatic rings. The van der Waals surface area contributed by atoms with Crippen LogP contribution in [0.25, 0.3) is 11.1 Å². The maximum Gasteiger partial charge on any atom is 0.407 e. The predicted octanol–water partition coefficient (Wildman–Crippen LogP) is 4.17. The molecule has 0 saturated heterocycles. The molecular weight excluding hydrogens is 432 g/mol. The van der Waals surface area contributed by atoms with Crippen molar-refractivity contribution in [1.29, 1.82) is 0 Å². The summed E-state index contributed by atoms with van der Waals surface area (Å²) in [7, 11) is 0. The van der Waals surface area contributed by atoms with Gasteiger partial charge in [0.15, 0.2) is 0 Å². The van der Waals surface area contributed by atoms with Gasteiger partial charge in [-0.25, -0.2) is 4.79 Å². The van der Waals surface area contributed by atoms with Crippen LogP contribution in [-0.2, 0) is 14.3 Å². The highest BCUT2D eigenvalue weighted by Gasteiger charge is 2.43. The van der Waals surface area contributed by atoms with Gasteiger partial charge >= 0.3 is 12.1 Å². The second-order valence-corrected chi connectivity index (χ2v) is 10.3. The van der Waals surface area contributed by atoms with Gasteiger partial charge in [0.05, 0.1) is 5.92 Å². The van der Waals surface area contributed by atoms with Crippen molar-refractivity contribution in [2.24, 2.45) is 17.3 Å². The number of rotatable bonds is 8. The Morgan fingerprint density at radius 2 is 1.62 bits per heavy atom. The maximum atomic E-state index is 12.7. The molecule has 0 heterocycles. The molecule has 1 fully saturated rings. The van der Waals surface area contributed by atoms with E-state index in [0.717, 1.165) is 22.3 Å². The summed E-state index contributed by atoms with van der Waals surface area (Å²) in [5.41, 5.74) is 4.24. The van der Waals surface area contributed by atoms with E-state index >= 15 is 0 Å². The molecule has 7 heteroatoms. The molecule has 180 valence electrons. The van der Waals surface area contributed by atoms with Gasteiger partial charge in [-0.3, -0.25) is 9.59 Å². The number of carbonyl (C=O) groups is 3. The quantitative estimate of drug-likeness (QED) is 0.544. The van der Waals surface area contributed by atoms with Gasteiger partial charge in [-0.1, -0.05) is 69.3 Å². The number of fused-ring (bicyclic) bond motifs is 3. The van der Waals surface area contributed by atoms with Crippen molar-refractivity contribution in [3.05, 3.63) is 59.7 Å². The summed E-state index contributed by atoms with van der Waals surface area (Å²) in [6.07, 6.45) is 0.136. The third-order valence-electron chi connectivity index (χ3n) is 6.87. The molecule has 2 aromatic rings. The molecule has 3 unspecified atom stereocenters. The Morgan fingerprint density at radius 3 is 2.15 bits per heavy atom. The number of amides is 2. The number of ether oxygens (including phenoxy) is 1. The number of nitrogens with one attached hydrogen (secondary N) is 2. The monoisotopic (exact) mass is 464 g/mol. The van der Waals surface area contributed by atoms with Crippen molar-refractivity contribution in [2.45, 2.75) is 45.6 Å². The summed E-state index contributed by atoms with van der Waals surface area (Å²) in [5, 5.41) is 14.7. The lowest BCUT2D eigenvalue weighted by Crippen LogP contribution is -2.47. The Kier molecular flexibility index (Phi) is 6.64. The van der Waals surface area contributed by atoms with Crippen molar-refractivity contribution in [2.75, 3.05) is 13.2 Å². The zero-order chi connectivity index (χ0) is 24.5. The van der Waals surface area contributed by atoms with E-state index in [1.165, 1.54) is 0 Å². The number of hydrogen-bond acceptors (Lipinski definition) is 4. The molecule has 0 spiro atoms. The van der Waals surface area contributed by atoms with Crippen molar-refractivity contribution in [3.63, 3.8) is 0 Å². The summed E-state index contributed by atoms with van der Waals surface area (Å²) in [6, 6.07) is 15.9. The smallest absolute Gasteiger partial charge is 0.407 e. The highest BCUT2D eigenvalue weighted by molar-refractivity contribution is 5.80. The number of alkyl carbamates (subject to hydrolysis) is 1. The third-order valence-corrected chi connectivity index (χ3v) is 6.87. The molecule has 1 saturated carbocycles. The first-order valence-electron chi connectivity index (χ1n) is 11.8. The number of hydrogen-bond donors (Lipinski definition) is 3. The van der Waals surface area contributed by atoms with Crippen LogP contribution in [0.15, 0.2) is 48.5 Å². The number of benzene rings is 2. The van der Waals surface area contributed by atoms with E-state index in [1.807, 2.05) is 45.0 Å². The van der Waals surface area contributed by atoms with Gasteiger partial charge < -0.3 is 20.5 Å². The van der Waals surface area contributed by atoms with Gasteiger partial charge in [0.1, 0.15) is 6.61 Å². The molecule has 0 bridgehead atoms. The maximum absolute atomic E-state index is 12.7. The molecule has 2 aliphatic carbocycles. The van der Waals surface area contributed by atoms with Gasteiger partial charge in [0, 0.05) is 24.9 Å². The fraction of sp³-hybridized carbons (Fsp3) is 0.444. The van der Waals surface area contributed by atoms with Crippen molar-refractivity contribution < 1.29 is 24.2 Å². The lowest BCUT2D eigenvalue weighted by Gasteiger charge is -2.31. The van der Waals surface area contributed by atoms with Crippen LogP contribution in [0.5, 0.6) is 0 Å². The van der Waals surface area contributed by atoms with Crippen LogP contribution in [0, 0.1) is 17.3 Å². The Hall–Kier alpha value is -3.35. The Morgan fingerprint density at radius 1 is 1.03 bits per heavy atom. The molecule has 4 rings (SSSR count). The summed E-state index contributed by atoms with van der Waals surface area (Å²) >= 11 is 0. The minimum atomic E-state index is -0.816. The van der Waals surface area contributed by atoms with Crippen LogP contribution in [0.2, 0.25) is 0 Å². The molecule has 3 N–H and O–H groups in total. The molecule has 34 heavy (non-hydrogen) atoms. The van der Waals surface area contributed by atoms with Crippen LogP contribution < -0.4 is 10.6 Å². The highest BCUT2D eigenvalue weighted by atomic mass is 16.5. The Labute approximate surface area is 199 Å². The fourth-order valence-electron chi connectivity index (χ4n) is 4.63. The van der Waals surface area contributed by atoms with E-state index in [-0.39, 0.29) is 42.1 Å². The molecule has 0 radical (unpaired) electrons. The lowest BCUT2D eigenvalue weighted by atomic mass is 9.84. The summed E-state index contributed by atoms with van der Waals surface area (Å²) in [6.45, 7) is 6.42. The van der Waals surface area contributed by atoms with E-state index < -0.39 is 18.1 Å². The van der Waals surface area contributed by atoms with Crippen molar-refractivity contribution in [3.8, 4) is 11.1 Å². The van der Waals surface area contributed by atoms with Crippen LogP contribution in [-0.4, -0.2) is 42.3 Å². The molecule has 3 atom stereocenters. The average molecular weight is 465 g/mol. The molecular formula is C27H32N2O5. The SMILES string of the molecule is CC(C)(C)C(CC(=O)NCC1CC1C(=O)O)NC(=O)OCC1c2ccccc2-c2ccccc21. The number of carboxylic acids is 1. The number of carboxylic acid groups (broad SMARTS) is 1. The van der Waals surface area contributed by atoms with Gasteiger partial charge in [-0.2, -0.15) is 0 Å². The van der Waals surface area contributed by atoms with E-state index in [9.17, 15) is 14.4 Å². The zero-order valence-electron chi connectivity index (χ0n) is 19.8. The molecule has 2 amide bonds. The first-order valence-corrected chi connectivity index (χ1v) is 11.8. The van der Waals surface area contributed by atoms with Crippen LogP contribution in [0.4, 0.5) is 4.79 Å². The Balaban J connectivity index is 1.33. The first kappa shape index (κ1) is 23.8. The molecule has 7 nitrogen and oxygen atoms in total. The van der Waals surface area contributed by atoms with Gasteiger partial charge in [-0.15, -0.1) is 0 Å². The lowest BCUT2D eigenvalue weighted by molar-refractivity contribution is -0.139. The third kappa shape index (κ3) is 5.24. The van der Waals surface area contributed by atoms with Gasteiger partial charge in [0.2, 0.25) is 5.91 Å². The zero-order valence-corrected chi connectivity index (χ0v) is 19.8. The van der Waals surface area contributed by atoms with Gasteiger partial charge in [0.25, 0.3) is 0 Å². The summed E-state index contributed by atoms with van der Waals surface area (Å²) in [4.78, 5) is 36.2. The molecule has 0 aliphatic heterocycles. The Bertz CT molecular complexity index is 1040. The minimum Gasteiger partial charge on any atom is -0.481 e. The normalized spacial score (nSPS) is 19.5. The largest absolute Gasteiger partial charge is 0.481 e. The molecule has 0 aromatic heterocycles. The standard InChI is InChI=1S/C27H32N2O5/c1-27(2,3)23(13-24(30)28-14-16-12-21(16)25(31)32)29-26(33)34-15-22-19-10-6-4-8-17(19)18-9-5-7-11-20(18)22/h4-11,16,21-23H,12-15H2,1-3H3,(H,28,30)(H,29,33)(H,31,32). The number of aliphatic carboxylic acids is 1. The second kappa shape index (κ2) is 9.49. The first-order chi connectivity index (χ1) is 16.1.